The average molecular weight is 361 g/mol. The third-order valence-electron chi connectivity index (χ3n) is 7.84. The molecule has 0 spiro atoms. The highest BCUT2D eigenvalue weighted by atomic mass is 16.5. The van der Waals surface area contributed by atoms with Gasteiger partial charge in [0, 0.05) is 30.3 Å². The molecule has 0 radical (unpaired) electrons. The zero-order valence-electron chi connectivity index (χ0n) is 16.3. The van der Waals surface area contributed by atoms with Crippen molar-refractivity contribution < 1.29 is 9.53 Å². The number of fused-ring (bicyclic) bond motifs is 1. The maximum absolute atomic E-state index is 13.2. The number of aryl methyl sites for hydroxylation is 2. The van der Waals surface area contributed by atoms with Crippen LogP contribution in [-0.4, -0.2) is 26.2 Å². The molecule has 4 aliphatic rings. The predicted molar refractivity (Wildman–Crippen MR) is 106 cm³/mol. The lowest BCUT2D eigenvalue weighted by Gasteiger charge is -2.59. The van der Waals surface area contributed by atoms with Crippen molar-refractivity contribution in [3.8, 4) is 0 Å². The van der Waals surface area contributed by atoms with Crippen molar-refractivity contribution in [2.75, 3.05) is 20.2 Å². The van der Waals surface area contributed by atoms with Gasteiger partial charge in [-0.05, 0) is 54.5 Å². The first-order valence-corrected chi connectivity index (χ1v) is 10.0. The Bertz CT molecular complexity index is 936. The van der Waals surface area contributed by atoms with Crippen molar-refractivity contribution in [1.29, 1.82) is 0 Å². The predicted octanol–water partition coefficient (Wildman–Crippen LogP) is 3.86. The summed E-state index contributed by atoms with van der Waals surface area (Å²) in [5.41, 5.74) is 6.20. The zero-order chi connectivity index (χ0) is 18.8. The monoisotopic (exact) mass is 361 g/mol. The molecular weight excluding hydrogens is 334 g/mol. The van der Waals surface area contributed by atoms with Crippen LogP contribution in [-0.2, 0) is 14.9 Å². The van der Waals surface area contributed by atoms with Crippen LogP contribution in [0.25, 0.3) is 0 Å². The summed E-state index contributed by atoms with van der Waals surface area (Å²) in [6.45, 7) is 5.94. The number of esters is 1. The number of carbonyl (C=O) groups is 1. The van der Waals surface area contributed by atoms with Crippen molar-refractivity contribution in [1.82, 2.24) is 5.32 Å². The number of hydrogen-bond acceptors (Lipinski definition) is 3. The van der Waals surface area contributed by atoms with E-state index in [4.69, 9.17) is 4.74 Å². The van der Waals surface area contributed by atoms with Crippen LogP contribution in [0.15, 0.2) is 42.5 Å². The van der Waals surface area contributed by atoms with E-state index in [1.807, 2.05) is 0 Å². The Labute approximate surface area is 161 Å². The van der Waals surface area contributed by atoms with Crippen LogP contribution in [0.2, 0.25) is 0 Å². The molecule has 27 heavy (non-hydrogen) atoms. The maximum Gasteiger partial charge on any atom is 0.314 e. The number of hydrogen-bond donors (Lipinski definition) is 1. The van der Waals surface area contributed by atoms with Gasteiger partial charge in [-0.25, -0.2) is 0 Å². The van der Waals surface area contributed by atoms with Crippen LogP contribution >= 0.6 is 0 Å². The Morgan fingerprint density at radius 2 is 1.96 bits per heavy atom. The largest absolute Gasteiger partial charge is 0.469 e. The summed E-state index contributed by atoms with van der Waals surface area (Å²) < 4.78 is 5.41. The molecule has 2 aromatic carbocycles. The number of nitrogens with one attached hydrogen (secondary N) is 1. The van der Waals surface area contributed by atoms with E-state index < -0.39 is 5.41 Å². The van der Waals surface area contributed by atoms with Gasteiger partial charge < -0.3 is 10.1 Å². The Balaban J connectivity index is 1.83. The molecule has 1 heterocycles. The van der Waals surface area contributed by atoms with E-state index in [1.165, 1.54) is 27.8 Å². The topological polar surface area (TPSA) is 38.3 Å². The lowest BCUT2D eigenvalue weighted by Crippen LogP contribution is -2.60. The molecule has 3 nitrogen and oxygen atoms in total. The van der Waals surface area contributed by atoms with E-state index in [1.54, 1.807) is 7.11 Å². The van der Waals surface area contributed by atoms with E-state index in [0.29, 0.717) is 0 Å². The highest BCUT2D eigenvalue weighted by molar-refractivity contribution is 5.82. The van der Waals surface area contributed by atoms with Gasteiger partial charge >= 0.3 is 5.97 Å². The first kappa shape index (κ1) is 17.0. The lowest BCUT2D eigenvalue weighted by atomic mass is 9.42. The molecule has 6 rings (SSSR count). The van der Waals surface area contributed by atoms with Crippen LogP contribution in [0, 0.1) is 25.2 Å². The minimum Gasteiger partial charge on any atom is -0.469 e. The Morgan fingerprint density at radius 3 is 2.74 bits per heavy atom. The molecule has 1 N–H and O–H groups in total. The van der Waals surface area contributed by atoms with Gasteiger partial charge in [-0.2, -0.15) is 0 Å². The third kappa shape index (κ3) is 1.93. The van der Waals surface area contributed by atoms with Crippen LogP contribution < -0.4 is 5.32 Å². The normalized spacial score (nSPS) is 33.4. The summed E-state index contributed by atoms with van der Waals surface area (Å²) in [6.07, 6.45) is 2.14. The van der Waals surface area contributed by atoms with Gasteiger partial charge in [0.2, 0.25) is 0 Å². The molecule has 1 saturated carbocycles. The summed E-state index contributed by atoms with van der Waals surface area (Å²) in [5.74, 6) is 0.438. The van der Waals surface area contributed by atoms with Crippen molar-refractivity contribution in [2.24, 2.45) is 11.3 Å². The molecule has 0 aromatic heterocycles. The number of benzene rings is 2. The second-order valence-electron chi connectivity index (χ2n) is 8.66. The summed E-state index contributed by atoms with van der Waals surface area (Å²) in [6, 6.07) is 15.7. The molecule has 4 atom stereocenters. The van der Waals surface area contributed by atoms with Crippen molar-refractivity contribution in [3.63, 3.8) is 0 Å². The zero-order valence-corrected chi connectivity index (χ0v) is 16.3. The molecule has 1 saturated heterocycles. The minimum absolute atomic E-state index is 0.0371. The van der Waals surface area contributed by atoms with Crippen LogP contribution in [0.5, 0.6) is 0 Å². The van der Waals surface area contributed by atoms with Crippen LogP contribution in [0.3, 0.4) is 0 Å². The highest BCUT2D eigenvalue weighted by Crippen LogP contribution is 2.68. The van der Waals surface area contributed by atoms with Crippen molar-refractivity contribution in [2.45, 2.75) is 38.0 Å². The van der Waals surface area contributed by atoms with Gasteiger partial charge in [-0.3, -0.25) is 4.79 Å². The molecule has 2 bridgehead atoms. The van der Waals surface area contributed by atoms with Gasteiger partial charge in [-0.15, -0.1) is 0 Å². The first-order valence-electron chi connectivity index (χ1n) is 10.0. The molecule has 2 fully saturated rings. The second-order valence-corrected chi connectivity index (χ2v) is 8.66. The Hall–Kier alpha value is -2.13. The summed E-state index contributed by atoms with van der Waals surface area (Å²) in [5, 5.41) is 3.58. The SMILES string of the molecule is COC(=O)C12CNCC1C1(c3ccc(C)c(C)c3)CCC2c2ccccc21. The molecule has 2 aromatic rings. The highest BCUT2D eigenvalue weighted by Gasteiger charge is 2.69. The Kier molecular flexibility index (Phi) is 3.58. The molecule has 3 heteroatoms. The summed E-state index contributed by atoms with van der Waals surface area (Å²) in [4.78, 5) is 13.2. The fourth-order valence-corrected chi connectivity index (χ4v) is 6.54. The minimum atomic E-state index is -0.458. The quantitative estimate of drug-likeness (QED) is 0.826. The van der Waals surface area contributed by atoms with Crippen molar-refractivity contribution >= 4 is 5.97 Å². The summed E-state index contributed by atoms with van der Waals surface area (Å²) >= 11 is 0. The van der Waals surface area contributed by atoms with Gasteiger partial charge in [0.15, 0.2) is 0 Å². The molecule has 140 valence electrons. The van der Waals surface area contributed by atoms with E-state index in [-0.39, 0.29) is 23.2 Å². The van der Waals surface area contributed by atoms with Gasteiger partial charge in [0.05, 0.1) is 12.5 Å². The van der Waals surface area contributed by atoms with Crippen molar-refractivity contribution in [3.05, 3.63) is 70.3 Å². The summed E-state index contributed by atoms with van der Waals surface area (Å²) in [7, 11) is 1.54. The lowest BCUT2D eigenvalue weighted by molar-refractivity contribution is -0.161. The van der Waals surface area contributed by atoms with Crippen LogP contribution in [0.1, 0.15) is 46.6 Å². The van der Waals surface area contributed by atoms with Crippen LogP contribution in [0.4, 0.5) is 0 Å². The third-order valence-corrected chi connectivity index (χ3v) is 7.84. The molecule has 0 amide bonds. The number of methoxy groups -OCH3 is 1. The fourth-order valence-electron chi connectivity index (χ4n) is 6.54. The fraction of sp³-hybridized carbons (Fsp3) is 0.458. The molecule has 4 unspecified atom stereocenters. The van der Waals surface area contributed by atoms with E-state index in [0.717, 1.165) is 25.9 Å². The average Bonchev–Trinajstić information content (AvgIpc) is 3.17. The number of rotatable bonds is 2. The number of ether oxygens (including phenoxy) is 1. The van der Waals surface area contributed by atoms with E-state index >= 15 is 0 Å². The smallest absolute Gasteiger partial charge is 0.314 e. The van der Waals surface area contributed by atoms with Gasteiger partial charge in [0.1, 0.15) is 0 Å². The maximum atomic E-state index is 13.2. The Morgan fingerprint density at radius 1 is 1.15 bits per heavy atom. The second kappa shape index (κ2) is 5.68. The standard InChI is InChI=1S/C24H27NO2/c1-15-8-9-17(12-16(15)2)23-11-10-20(18-6-4-5-7-19(18)23)24(22(26)27-3)14-25-13-21(23)24/h4-9,12,20-21,25H,10-11,13-14H2,1-3H3. The number of carbonyl (C=O) groups excluding carboxylic acids is 1. The van der Waals surface area contributed by atoms with Gasteiger partial charge in [0.25, 0.3) is 0 Å². The molecule has 1 aliphatic heterocycles. The van der Waals surface area contributed by atoms with E-state index in [2.05, 4.69) is 61.6 Å². The molecule has 3 aliphatic carbocycles. The van der Waals surface area contributed by atoms with E-state index in [9.17, 15) is 4.79 Å². The van der Waals surface area contributed by atoms with Gasteiger partial charge in [-0.1, -0.05) is 42.5 Å². The first-order chi connectivity index (χ1) is 13.1. The molecular formula is C24H27NO2.